The summed E-state index contributed by atoms with van der Waals surface area (Å²) in [5, 5.41) is 0. The molecule has 16 heteroatoms. The van der Waals surface area contributed by atoms with Crippen LogP contribution in [0.1, 0.15) is 0 Å². The predicted octanol–water partition coefficient (Wildman–Crippen LogP) is 0.773. The van der Waals surface area contributed by atoms with Crippen LogP contribution in [0.25, 0.3) is 0 Å². The number of hydrogen-bond acceptors (Lipinski definition) is 0. The molecule has 0 aromatic rings. The van der Waals surface area contributed by atoms with E-state index in [1.165, 1.54) is 0 Å². The van der Waals surface area contributed by atoms with Crippen molar-refractivity contribution in [3.63, 3.8) is 0 Å². The molecule has 0 spiro atoms. The summed E-state index contributed by atoms with van der Waals surface area (Å²) in [5.41, 5.74) is 0. The van der Waals surface area contributed by atoms with Gasteiger partial charge in [0.25, 0.3) is 0 Å². The van der Waals surface area contributed by atoms with Crippen molar-refractivity contribution in [1.82, 2.24) is 0 Å². The van der Waals surface area contributed by atoms with Crippen molar-refractivity contribution in [2.75, 3.05) is 0 Å². The van der Waals surface area contributed by atoms with Gasteiger partial charge in [-0.2, -0.15) is 0 Å². The second-order valence-electron chi connectivity index (χ2n) is 1.92. The van der Waals surface area contributed by atoms with Gasteiger partial charge in [0.2, 0.25) is 0 Å². The van der Waals surface area contributed by atoms with Crippen LogP contribution in [-0.2, 0) is 0 Å². The van der Waals surface area contributed by atoms with Crippen LogP contribution >= 0.6 is 15.6 Å². The standard InChI is InChI=1S/2F6P.2Na/c2*1-7(2,3,4,5)6;;/q2*-1;2*+1. The number of hydrogen-bond donors (Lipinski definition) is 0. The zero-order valence-corrected chi connectivity index (χ0v) is 13.2. The van der Waals surface area contributed by atoms with Crippen LogP contribution in [0, 0.1) is 0 Å². The Morgan fingerprint density at radius 1 is 0.312 bits per heavy atom. The maximum atomic E-state index is 9.87. The van der Waals surface area contributed by atoms with Crippen LogP contribution < -0.4 is 59.1 Å². The van der Waals surface area contributed by atoms with Crippen LogP contribution in [0.3, 0.4) is 0 Å². The fourth-order valence-electron chi connectivity index (χ4n) is 0. The molecule has 0 nitrogen and oxygen atoms in total. The van der Waals surface area contributed by atoms with Crippen molar-refractivity contribution < 1.29 is 109 Å². The number of rotatable bonds is 0. The van der Waals surface area contributed by atoms with Crippen molar-refractivity contribution >= 4 is 15.6 Å². The summed E-state index contributed by atoms with van der Waals surface area (Å²) in [4.78, 5) is 0. The summed E-state index contributed by atoms with van der Waals surface area (Å²) < 4.78 is 118. The van der Waals surface area contributed by atoms with Crippen LogP contribution in [0.5, 0.6) is 0 Å². The molecule has 0 saturated carbocycles. The molecule has 0 unspecified atom stereocenters. The smallest absolute Gasteiger partial charge is 1.00 e. The molecule has 16 heavy (non-hydrogen) atoms. The first-order valence-electron chi connectivity index (χ1n) is 2.03. The van der Waals surface area contributed by atoms with E-state index < -0.39 is 15.6 Å². The molecule has 0 bridgehead atoms. The normalized spacial score (nSPS) is 20.2. The minimum absolute atomic E-state index is 0. The van der Waals surface area contributed by atoms with Crippen LogP contribution in [0.2, 0.25) is 0 Å². The maximum Gasteiger partial charge on any atom is 1.00 e. The first-order valence-corrected chi connectivity index (χ1v) is 6.09. The van der Waals surface area contributed by atoms with Crippen molar-refractivity contribution in [2.24, 2.45) is 0 Å². The molecule has 0 fully saturated rings. The SMILES string of the molecule is F[P-](F)(F)(F)(F)F.F[P-](F)(F)(F)(F)F.[Na+].[Na+]. The van der Waals surface area contributed by atoms with Gasteiger partial charge in [0.05, 0.1) is 0 Å². The second kappa shape index (κ2) is 4.26. The van der Waals surface area contributed by atoms with Gasteiger partial charge in [0, 0.05) is 0 Å². The van der Waals surface area contributed by atoms with Gasteiger partial charge >= 0.3 is 125 Å². The van der Waals surface area contributed by atoms with E-state index in [1.807, 2.05) is 0 Å². The van der Waals surface area contributed by atoms with E-state index in [2.05, 4.69) is 0 Å². The monoisotopic (exact) mass is 336 g/mol. The maximum absolute atomic E-state index is 10.7. The molecular weight excluding hydrogens is 336 g/mol. The van der Waals surface area contributed by atoms with E-state index in [4.69, 9.17) is 0 Å². The molecule has 0 aliphatic carbocycles. The summed E-state index contributed by atoms with van der Waals surface area (Å²) >= 11 is 0. The van der Waals surface area contributed by atoms with E-state index >= 15 is 0 Å². The van der Waals surface area contributed by atoms with Gasteiger partial charge in [-0.1, -0.05) is 0 Å². The minimum atomic E-state index is -10.7. The zero-order valence-electron chi connectivity index (χ0n) is 7.43. The molecule has 0 aliphatic heterocycles. The fourth-order valence-corrected chi connectivity index (χ4v) is 0. The summed E-state index contributed by atoms with van der Waals surface area (Å²) in [5.74, 6) is 0. The summed E-state index contributed by atoms with van der Waals surface area (Å²) in [6, 6.07) is 0. The molecule has 0 aromatic heterocycles. The molecule has 0 atom stereocenters. The van der Waals surface area contributed by atoms with Gasteiger partial charge in [-0.15, -0.1) is 0 Å². The van der Waals surface area contributed by atoms with E-state index in [0.29, 0.717) is 0 Å². The zero-order chi connectivity index (χ0) is 12.8. The van der Waals surface area contributed by atoms with Crippen molar-refractivity contribution in [3.8, 4) is 0 Å². The first-order chi connectivity index (χ1) is 4.90. The van der Waals surface area contributed by atoms with Gasteiger partial charge in [-0.05, 0) is 0 Å². The molecule has 0 N–H and O–H groups in total. The van der Waals surface area contributed by atoms with Gasteiger partial charge < -0.3 is 0 Å². The third-order valence-corrected chi connectivity index (χ3v) is 0. The Balaban J connectivity index is -0.0000000800. The number of halogens is 12. The topological polar surface area (TPSA) is 0 Å². The average Bonchev–Trinajstić information content (AvgIpc) is 0.938. The molecule has 0 amide bonds. The van der Waals surface area contributed by atoms with Gasteiger partial charge in [-0.3, -0.25) is 0 Å². The van der Waals surface area contributed by atoms with Crippen molar-refractivity contribution in [3.05, 3.63) is 0 Å². The largest absolute Gasteiger partial charge is 1.00 e. The Bertz CT molecular complexity index is 164. The first kappa shape index (κ1) is 26.6. The van der Waals surface area contributed by atoms with Crippen LogP contribution in [-0.4, -0.2) is 0 Å². The van der Waals surface area contributed by atoms with Crippen LogP contribution in [0.4, 0.5) is 50.4 Å². The van der Waals surface area contributed by atoms with Crippen molar-refractivity contribution in [2.45, 2.75) is 0 Å². The van der Waals surface area contributed by atoms with E-state index in [0.717, 1.165) is 0 Å². The van der Waals surface area contributed by atoms with Crippen LogP contribution in [0.15, 0.2) is 0 Å². The quantitative estimate of drug-likeness (QED) is 0.348. The Kier molecular flexibility index (Phi) is 7.07. The summed E-state index contributed by atoms with van der Waals surface area (Å²) in [6.45, 7) is 0. The van der Waals surface area contributed by atoms with Gasteiger partial charge in [0.1, 0.15) is 0 Å². The summed E-state index contributed by atoms with van der Waals surface area (Å²) in [6.07, 6.45) is 0. The predicted molar refractivity (Wildman–Crippen MR) is 27.1 cm³/mol. The third kappa shape index (κ3) is 886. The van der Waals surface area contributed by atoms with Gasteiger partial charge in [-0.25, -0.2) is 0 Å². The molecular formula is F12Na2P2. The van der Waals surface area contributed by atoms with Crippen molar-refractivity contribution in [1.29, 1.82) is 0 Å². The molecule has 0 aromatic carbocycles. The molecule has 0 aliphatic rings. The van der Waals surface area contributed by atoms with Gasteiger partial charge in [0.15, 0.2) is 0 Å². The van der Waals surface area contributed by atoms with E-state index in [9.17, 15) is 50.4 Å². The Labute approximate surface area is 124 Å². The second-order valence-corrected chi connectivity index (χ2v) is 5.75. The Morgan fingerprint density at radius 2 is 0.312 bits per heavy atom. The average molecular weight is 336 g/mol. The molecule has 96 valence electrons. The van der Waals surface area contributed by atoms with E-state index in [-0.39, 0.29) is 59.1 Å². The minimum Gasteiger partial charge on any atom is 1.00 e. The molecule has 0 rings (SSSR count). The molecule has 0 radical (unpaired) electrons. The Hall–Kier alpha value is 2.02. The third-order valence-electron chi connectivity index (χ3n) is 0. The molecule has 0 heterocycles. The molecule has 0 saturated heterocycles. The Morgan fingerprint density at radius 3 is 0.312 bits per heavy atom. The van der Waals surface area contributed by atoms with E-state index in [1.54, 1.807) is 0 Å². The summed E-state index contributed by atoms with van der Waals surface area (Å²) in [7, 11) is -21.3. The fraction of sp³-hybridized carbons (Fsp3) is 0.